The van der Waals surface area contributed by atoms with E-state index in [0.717, 1.165) is 0 Å². The number of alkyl carbamates (subject to hydrolysis) is 1. The van der Waals surface area contributed by atoms with Crippen LogP contribution >= 0.6 is 0 Å². The molecule has 0 saturated carbocycles. The van der Waals surface area contributed by atoms with Crippen molar-refractivity contribution in [3.8, 4) is 0 Å². The van der Waals surface area contributed by atoms with Gasteiger partial charge >= 0.3 is 12.1 Å². The first kappa shape index (κ1) is 15.5. The van der Waals surface area contributed by atoms with E-state index in [-0.39, 0.29) is 23.8 Å². The topological polar surface area (TPSA) is 64.6 Å². The largest absolute Gasteiger partial charge is 0.469 e. The Morgan fingerprint density at radius 1 is 1.26 bits per heavy atom. The highest BCUT2D eigenvalue weighted by Crippen LogP contribution is 2.26. The SMILES string of the molecule is COC(=O)[C@@H]1C[C@H](NC(=O)OC(C)(C)C)C=C[C@H]1C. The molecule has 5 nitrogen and oxygen atoms in total. The number of esters is 1. The second-order valence-electron chi connectivity index (χ2n) is 5.86. The van der Waals surface area contributed by atoms with E-state index in [1.165, 1.54) is 7.11 Å². The predicted octanol–water partition coefficient (Wildman–Crippen LogP) is 2.26. The lowest BCUT2D eigenvalue weighted by molar-refractivity contribution is -0.147. The van der Waals surface area contributed by atoms with Crippen molar-refractivity contribution in [1.29, 1.82) is 0 Å². The van der Waals surface area contributed by atoms with Gasteiger partial charge in [0, 0.05) is 0 Å². The lowest BCUT2D eigenvalue weighted by Crippen LogP contribution is -2.42. The minimum atomic E-state index is -0.530. The fourth-order valence-electron chi connectivity index (χ4n) is 2.04. The first-order valence-electron chi connectivity index (χ1n) is 6.48. The molecular formula is C14H23NO4. The summed E-state index contributed by atoms with van der Waals surface area (Å²) in [5.41, 5.74) is -0.530. The Morgan fingerprint density at radius 2 is 1.89 bits per heavy atom. The van der Waals surface area contributed by atoms with Gasteiger partial charge in [0.2, 0.25) is 0 Å². The van der Waals surface area contributed by atoms with Crippen LogP contribution in [0.3, 0.4) is 0 Å². The summed E-state index contributed by atoms with van der Waals surface area (Å²) in [4.78, 5) is 23.3. The zero-order valence-electron chi connectivity index (χ0n) is 12.2. The molecule has 1 rings (SSSR count). The highest BCUT2D eigenvalue weighted by atomic mass is 16.6. The summed E-state index contributed by atoms with van der Waals surface area (Å²) in [5, 5.41) is 2.75. The predicted molar refractivity (Wildman–Crippen MR) is 71.6 cm³/mol. The molecule has 0 spiro atoms. The molecule has 1 amide bonds. The van der Waals surface area contributed by atoms with Crippen LogP contribution in [-0.2, 0) is 14.3 Å². The van der Waals surface area contributed by atoms with Crippen molar-refractivity contribution in [3.63, 3.8) is 0 Å². The Bertz CT molecular complexity index is 370. The third-order valence-electron chi connectivity index (χ3n) is 3.00. The number of hydrogen-bond acceptors (Lipinski definition) is 4. The molecule has 0 aromatic heterocycles. The van der Waals surface area contributed by atoms with E-state index in [1.54, 1.807) is 0 Å². The summed E-state index contributed by atoms with van der Waals surface area (Å²) >= 11 is 0. The third kappa shape index (κ3) is 4.93. The summed E-state index contributed by atoms with van der Waals surface area (Å²) < 4.78 is 9.97. The molecule has 0 heterocycles. The summed E-state index contributed by atoms with van der Waals surface area (Å²) in [7, 11) is 1.38. The fourth-order valence-corrected chi connectivity index (χ4v) is 2.04. The van der Waals surface area contributed by atoms with Gasteiger partial charge in [-0.05, 0) is 33.1 Å². The van der Waals surface area contributed by atoms with Gasteiger partial charge in [0.15, 0.2) is 0 Å². The van der Waals surface area contributed by atoms with Crippen molar-refractivity contribution in [1.82, 2.24) is 5.32 Å². The van der Waals surface area contributed by atoms with E-state index in [0.29, 0.717) is 6.42 Å². The molecule has 108 valence electrons. The monoisotopic (exact) mass is 269 g/mol. The maximum Gasteiger partial charge on any atom is 0.408 e. The number of carbonyl (C=O) groups excluding carboxylic acids is 2. The van der Waals surface area contributed by atoms with Crippen molar-refractivity contribution in [2.24, 2.45) is 11.8 Å². The average Bonchev–Trinajstić information content (AvgIpc) is 2.28. The number of allylic oxidation sites excluding steroid dienone is 1. The molecule has 0 aromatic rings. The molecule has 0 fully saturated rings. The second kappa shape index (κ2) is 6.08. The van der Waals surface area contributed by atoms with Gasteiger partial charge in [-0.15, -0.1) is 0 Å². The highest BCUT2D eigenvalue weighted by Gasteiger charge is 2.31. The van der Waals surface area contributed by atoms with Crippen LogP contribution in [0.2, 0.25) is 0 Å². The van der Waals surface area contributed by atoms with Gasteiger partial charge in [0.05, 0.1) is 19.1 Å². The molecule has 5 heteroatoms. The van der Waals surface area contributed by atoms with Crippen LogP contribution in [0.4, 0.5) is 4.79 Å². The van der Waals surface area contributed by atoms with Crippen LogP contribution in [-0.4, -0.2) is 30.8 Å². The number of carbonyl (C=O) groups is 2. The van der Waals surface area contributed by atoms with E-state index in [4.69, 9.17) is 9.47 Å². The van der Waals surface area contributed by atoms with Gasteiger partial charge < -0.3 is 14.8 Å². The lowest BCUT2D eigenvalue weighted by Gasteiger charge is -2.29. The first-order chi connectivity index (χ1) is 8.73. The van der Waals surface area contributed by atoms with E-state index in [1.807, 2.05) is 39.8 Å². The molecule has 3 atom stereocenters. The summed E-state index contributed by atoms with van der Waals surface area (Å²) in [5.74, 6) is -0.355. The van der Waals surface area contributed by atoms with Crippen molar-refractivity contribution in [2.75, 3.05) is 7.11 Å². The number of rotatable bonds is 2. The molecule has 0 unspecified atom stereocenters. The summed E-state index contributed by atoms with van der Waals surface area (Å²) in [6, 6.07) is -0.199. The number of methoxy groups -OCH3 is 1. The van der Waals surface area contributed by atoms with Crippen molar-refractivity contribution in [2.45, 2.75) is 45.8 Å². The molecule has 0 aliphatic heterocycles. The zero-order chi connectivity index (χ0) is 14.6. The van der Waals surface area contributed by atoms with Crippen LogP contribution < -0.4 is 5.32 Å². The molecule has 1 aliphatic carbocycles. The normalized spacial score (nSPS) is 26.7. The first-order valence-corrected chi connectivity index (χ1v) is 6.48. The Balaban J connectivity index is 2.59. The summed E-state index contributed by atoms with van der Waals surface area (Å²) in [6.45, 7) is 7.38. The fraction of sp³-hybridized carbons (Fsp3) is 0.714. The number of hydrogen-bond donors (Lipinski definition) is 1. The molecular weight excluding hydrogens is 246 g/mol. The van der Waals surface area contributed by atoms with E-state index in [9.17, 15) is 9.59 Å². The van der Waals surface area contributed by atoms with Crippen molar-refractivity contribution >= 4 is 12.1 Å². The molecule has 0 radical (unpaired) electrons. The summed E-state index contributed by atoms with van der Waals surface area (Å²) in [6.07, 6.45) is 3.88. The van der Waals surface area contributed by atoms with E-state index >= 15 is 0 Å². The van der Waals surface area contributed by atoms with Gasteiger partial charge in [-0.2, -0.15) is 0 Å². The minimum Gasteiger partial charge on any atom is -0.469 e. The Hall–Kier alpha value is -1.52. The van der Waals surface area contributed by atoms with Gasteiger partial charge in [0.1, 0.15) is 5.60 Å². The number of ether oxygens (including phenoxy) is 2. The molecule has 1 aliphatic rings. The van der Waals surface area contributed by atoms with Gasteiger partial charge in [0.25, 0.3) is 0 Å². The molecule has 0 saturated heterocycles. The smallest absolute Gasteiger partial charge is 0.408 e. The molecule has 19 heavy (non-hydrogen) atoms. The van der Waals surface area contributed by atoms with Crippen molar-refractivity contribution in [3.05, 3.63) is 12.2 Å². The lowest BCUT2D eigenvalue weighted by atomic mass is 9.83. The Labute approximate surface area is 114 Å². The minimum absolute atomic E-state index is 0.115. The zero-order valence-corrected chi connectivity index (χ0v) is 12.2. The molecule has 0 bridgehead atoms. The quantitative estimate of drug-likeness (QED) is 0.617. The van der Waals surface area contributed by atoms with Crippen LogP contribution in [0.1, 0.15) is 34.1 Å². The molecule has 0 aromatic carbocycles. The standard InChI is InChI=1S/C14H23NO4/c1-9-6-7-10(8-11(9)12(16)18-5)15-13(17)19-14(2,3)4/h6-7,9-11H,8H2,1-5H3,(H,15,17)/t9-,10-,11-/m1/s1. The molecule has 1 N–H and O–H groups in total. The average molecular weight is 269 g/mol. The Morgan fingerprint density at radius 3 is 2.42 bits per heavy atom. The maximum absolute atomic E-state index is 11.7. The van der Waals surface area contributed by atoms with Crippen LogP contribution in [0, 0.1) is 11.8 Å². The third-order valence-corrected chi connectivity index (χ3v) is 3.00. The van der Waals surface area contributed by atoms with Gasteiger partial charge in [-0.1, -0.05) is 19.1 Å². The van der Waals surface area contributed by atoms with Crippen molar-refractivity contribution < 1.29 is 19.1 Å². The number of amides is 1. The number of nitrogens with one attached hydrogen (secondary N) is 1. The van der Waals surface area contributed by atoms with Gasteiger partial charge in [-0.3, -0.25) is 4.79 Å². The van der Waals surface area contributed by atoms with E-state index < -0.39 is 11.7 Å². The Kier molecular flexibility index (Phi) is 4.97. The second-order valence-corrected chi connectivity index (χ2v) is 5.86. The highest BCUT2D eigenvalue weighted by molar-refractivity contribution is 5.74. The van der Waals surface area contributed by atoms with Crippen LogP contribution in [0.15, 0.2) is 12.2 Å². The van der Waals surface area contributed by atoms with Crippen LogP contribution in [0.25, 0.3) is 0 Å². The van der Waals surface area contributed by atoms with E-state index in [2.05, 4.69) is 5.32 Å². The maximum atomic E-state index is 11.7. The van der Waals surface area contributed by atoms with Gasteiger partial charge in [-0.25, -0.2) is 4.79 Å². The van der Waals surface area contributed by atoms with Crippen LogP contribution in [0.5, 0.6) is 0 Å².